The van der Waals surface area contributed by atoms with Crippen LogP contribution in [-0.2, 0) is 13.7 Å². The van der Waals surface area contributed by atoms with Crippen molar-refractivity contribution in [3.05, 3.63) is 0 Å². The molecule has 0 aliphatic heterocycles. The highest BCUT2D eigenvalue weighted by Gasteiger charge is 2.17. The summed E-state index contributed by atoms with van der Waals surface area (Å²) in [5.74, 6) is 0. The second kappa shape index (κ2) is 4.13. The Labute approximate surface area is 54.9 Å². The van der Waals surface area contributed by atoms with E-state index in [2.05, 4.69) is 4.52 Å². The van der Waals surface area contributed by atoms with Crippen LogP contribution >= 0.6 is 15.4 Å². The zero-order chi connectivity index (χ0) is 7.33. The molecule has 0 fully saturated rings. The molecule has 1 N–H and O–H groups in total. The average molecular weight is 170 g/mol. The molecule has 0 saturated carbocycles. The van der Waals surface area contributed by atoms with Crippen LogP contribution in [0.1, 0.15) is 13.3 Å². The van der Waals surface area contributed by atoms with Crippen LogP contribution in [0.4, 0.5) is 0 Å². The Balaban J connectivity index is 3.59. The lowest BCUT2D eigenvalue weighted by Gasteiger charge is -2.00. The van der Waals surface area contributed by atoms with Crippen molar-refractivity contribution in [1.29, 1.82) is 0 Å². The summed E-state index contributed by atoms with van der Waals surface area (Å²) in [5, 5.41) is 0. The summed E-state index contributed by atoms with van der Waals surface area (Å²) in [6, 6.07) is 0. The number of rotatable bonds is 4. The second-order valence-corrected chi connectivity index (χ2v) is 4.81. The molecule has 0 aliphatic rings. The molecule has 9 heavy (non-hydrogen) atoms. The summed E-state index contributed by atoms with van der Waals surface area (Å²) in [6.45, 7) is 1.96. The fourth-order valence-electron chi connectivity index (χ4n) is 0.234. The smallest absolute Gasteiger partial charge is 0.316 e. The van der Waals surface area contributed by atoms with Gasteiger partial charge in [-0.3, -0.25) is 4.57 Å². The molecule has 1 atom stereocenters. The third kappa shape index (κ3) is 4.73. The van der Waals surface area contributed by atoms with Crippen LogP contribution in [0.2, 0.25) is 0 Å². The number of hydrogen-bond acceptors (Lipinski definition) is 3. The van der Waals surface area contributed by atoms with Crippen molar-refractivity contribution in [2.45, 2.75) is 13.3 Å². The van der Waals surface area contributed by atoms with Gasteiger partial charge in [0, 0.05) is 0 Å². The Morgan fingerprint density at radius 2 is 2.33 bits per heavy atom. The first-order valence-electron chi connectivity index (χ1n) is 2.44. The minimum atomic E-state index is -3.77. The van der Waals surface area contributed by atoms with Gasteiger partial charge in [0.25, 0.3) is 8.15 Å². The van der Waals surface area contributed by atoms with E-state index < -0.39 is 15.4 Å². The highest BCUT2D eigenvalue weighted by atomic mass is 32.1. The molecule has 0 aromatic rings. The molecule has 6 heteroatoms. The largest absolute Gasteiger partial charge is 0.417 e. The topological polar surface area (TPSA) is 63.6 Å². The van der Waals surface area contributed by atoms with E-state index in [-0.39, 0.29) is 6.61 Å². The molecule has 0 rings (SSSR count). The predicted molar refractivity (Wildman–Crippen MR) is 33.7 cm³/mol. The Morgan fingerprint density at radius 1 is 1.78 bits per heavy atom. The quantitative estimate of drug-likeness (QED) is 0.653. The Hall–Kier alpha value is 0.250. The van der Waals surface area contributed by atoms with E-state index >= 15 is 0 Å². The van der Waals surface area contributed by atoms with Crippen LogP contribution in [0.15, 0.2) is 0 Å². The third-order valence-electron chi connectivity index (χ3n) is 0.567. The normalized spacial score (nSPS) is 17.6. The van der Waals surface area contributed by atoms with Gasteiger partial charge >= 0.3 is 7.28 Å². The van der Waals surface area contributed by atoms with Gasteiger partial charge in [0.15, 0.2) is 0 Å². The number of hydrogen-bond donors (Lipinski definition) is 1. The van der Waals surface area contributed by atoms with E-state index in [9.17, 15) is 9.13 Å². The molecule has 1 unspecified atom stereocenters. The van der Waals surface area contributed by atoms with Crippen LogP contribution in [0.3, 0.4) is 0 Å². The van der Waals surface area contributed by atoms with Crippen LogP contribution < -0.4 is 0 Å². The molecule has 0 aromatic heterocycles. The van der Waals surface area contributed by atoms with Crippen LogP contribution in [0.25, 0.3) is 0 Å². The van der Waals surface area contributed by atoms with E-state index in [4.69, 9.17) is 4.89 Å². The molecule has 4 nitrogen and oxygen atoms in total. The van der Waals surface area contributed by atoms with E-state index in [1.165, 1.54) is 0 Å². The molecule has 0 heterocycles. The lowest BCUT2D eigenvalue weighted by molar-refractivity contribution is 0.274. The Kier molecular flexibility index (Phi) is 4.24. The summed E-state index contributed by atoms with van der Waals surface area (Å²) in [4.78, 5) is 8.46. The molecule has 0 aliphatic carbocycles. The first kappa shape index (κ1) is 9.25. The minimum absolute atomic E-state index is 0.170. The maximum atomic E-state index is 10.4. The van der Waals surface area contributed by atoms with Gasteiger partial charge in [-0.15, -0.1) is 0 Å². The van der Waals surface area contributed by atoms with Gasteiger partial charge in [0.2, 0.25) is 0 Å². The lowest BCUT2D eigenvalue weighted by Crippen LogP contribution is -1.84. The van der Waals surface area contributed by atoms with Crippen molar-refractivity contribution < 1.29 is 18.5 Å². The molecule has 0 saturated heterocycles. The Bertz CT molecular complexity index is 134. The summed E-state index contributed by atoms with van der Waals surface area (Å²) >= 11 is 0. The molecule has 0 bridgehead atoms. The van der Waals surface area contributed by atoms with Gasteiger partial charge in [0.05, 0.1) is 6.61 Å². The molecule has 0 aromatic carbocycles. The van der Waals surface area contributed by atoms with E-state index in [0.29, 0.717) is 6.42 Å². The second-order valence-electron chi connectivity index (χ2n) is 1.41. The van der Waals surface area contributed by atoms with E-state index in [0.717, 1.165) is 0 Å². The fraction of sp³-hybridized carbons (Fsp3) is 1.00. The van der Waals surface area contributed by atoms with Crippen molar-refractivity contribution in [2.24, 2.45) is 0 Å². The van der Waals surface area contributed by atoms with Crippen LogP contribution in [0.5, 0.6) is 0 Å². The molecular formula is C3H8O4P2. The zero-order valence-electron chi connectivity index (χ0n) is 4.98. The monoisotopic (exact) mass is 170 g/mol. The van der Waals surface area contributed by atoms with Crippen LogP contribution in [0, 0.1) is 0 Å². The average Bonchev–Trinajstić information content (AvgIpc) is 1.84. The van der Waals surface area contributed by atoms with E-state index in [1.54, 1.807) is 6.92 Å². The van der Waals surface area contributed by atoms with Crippen molar-refractivity contribution in [3.8, 4) is 0 Å². The van der Waals surface area contributed by atoms with Gasteiger partial charge in [-0.25, -0.2) is 4.57 Å². The van der Waals surface area contributed by atoms with E-state index in [1.807, 2.05) is 0 Å². The third-order valence-corrected chi connectivity index (χ3v) is 2.26. The SMILES string of the molecule is CCCOP(=O)(O)P=O. The molecular weight excluding hydrogens is 162 g/mol. The van der Waals surface area contributed by atoms with Crippen LogP contribution in [-0.4, -0.2) is 11.5 Å². The van der Waals surface area contributed by atoms with Crippen molar-refractivity contribution >= 4 is 15.4 Å². The standard InChI is InChI=1S/C3H8O4P2/c1-2-3-7-9(5,6)8-4/h2-3H2,1H3,(H,5,6). The summed E-state index contributed by atoms with van der Waals surface area (Å²) < 4.78 is 24.5. The van der Waals surface area contributed by atoms with Gasteiger partial charge in [-0.2, -0.15) is 0 Å². The van der Waals surface area contributed by atoms with Gasteiger partial charge in [0.1, 0.15) is 0 Å². The molecule has 54 valence electrons. The van der Waals surface area contributed by atoms with Gasteiger partial charge in [-0.05, 0) is 6.42 Å². The summed E-state index contributed by atoms with van der Waals surface area (Å²) in [6.07, 6.45) is 0.639. The zero-order valence-corrected chi connectivity index (χ0v) is 6.77. The summed E-state index contributed by atoms with van der Waals surface area (Å²) in [5.41, 5.74) is 0. The molecule has 0 amide bonds. The maximum absolute atomic E-state index is 10.4. The van der Waals surface area contributed by atoms with Gasteiger partial charge < -0.3 is 9.42 Å². The maximum Gasteiger partial charge on any atom is 0.417 e. The minimum Gasteiger partial charge on any atom is -0.316 e. The highest BCUT2D eigenvalue weighted by Crippen LogP contribution is 2.54. The highest BCUT2D eigenvalue weighted by molar-refractivity contribution is 8.14. The van der Waals surface area contributed by atoms with Crippen molar-refractivity contribution in [3.63, 3.8) is 0 Å². The Morgan fingerprint density at radius 3 is 2.67 bits per heavy atom. The first-order valence-corrected chi connectivity index (χ1v) is 5.54. The van der Waals surface area contributed by atoms with Crippen molar-refractivity contribution in [2.75, 3.05) is 6.61 Å². The molecule has 0 spiro atoms. The van der Waals surface area contributed by atoms with Gasteiger partial charge in [-0.1, -0.05) is 6.92 Å². The predicted octanol–water partition coefficient (Wildman–Crippen LogP) is 1.81. The fourth-order valence-corrected chi connectivity index (χ4v) is 1.09. The first-order chi connectivity index (χ1) is 4.12. The van der Waals surface area contributed by atoms with Crippen molar-refractivity contribution in [1.82, 2.24) is 0 Å². The summed E-state index contributed by atoms with van der Waals surface area (Å²) in [7, 11) is -4.60. The molecule has 0 radical (unpaired) electrons. The lowest BCUT2D eigenvalue weighted by atomic mass is 10.5.